The van der Waals surface area contributed by atoms with Gasteiger partial charge in [0, 0.05) is 12.8 Å². The number of nitrogens with two attached hydrogens (primary N) is 1. The molecule has 0 saturated carbocycles. The number of amidine groups is 1. The molecular weight excluding hydrogens is 291 g/mol. The van der Waals surface area contributed by atoms with Gasteiger partial charge in [0.25, 0.3) is 0 Å². The molecule has 2 N–H and O–H groups in total. The van der Waals surface area contributed by atoms with E-state index in [4.69, 9.17) is 10.2 Å². The summed E-state index contributed by atoms with van der Waals surface area (Å²) >= 11 is 0. The van der Waals surface area contributed by atoms with Gasteiger partial charge in [-0.15, -0.1) is 0 Å². The fourth-order valence-corrected chi connectivity index (χ4v) is 2.30. The first-order chi connectivity index (χ1) is 9.77. The first-order valence-corrected chi connectivity index (χ1v) is 6.32. The number of nitrogens with zero attached hydrogens (tertiary/aromatic N) is 2. The molecule has 21 heavy (non-hydrogen) atoms. The van der Waals surface area contributed by atoms with Crippen LogP contribution in [-0.4, -0.2) is 29.0 Å². The lowest BCUT2D eigenvalue weighted by atomic mass is 9.94. The zero-order chi connectivity index (χ0) is 15.6. The van der Waals surface area contributed by atoms with Crippen molar-refractivity contribution >= 4 is 11.8 Å². The highest BCUT2D eigenvalue weighted by Crippen LogP contribution is 2.37. The summed E-state index contributed by atoms with van der Waals surface area (Å²) in [6.07, 6.45) is -2.93. The molecule has 1 aromatic heterocycles. The number of aromatic nitrogens is 1. The first-order valence-electron chi connectivity index (χ1n) is 6.32. The van der Waals surface area contributed by atoms with Crippen molar-refractivity contribution in [3.63, 3.8) is 0 Å². The summed E-state index contributed by atoms with van der Waals surface area (Å²) in [6, 6.07) is -0.902. The van der Waals surface area contributed by atoms with Crippen molar-refractivity contribution in [2.45, 2.75) is 37.9 Å². The molecule has 1 aliphatic rings. The minimum atomic E-state index is -4.33. The second-order valence-corrected chi connectivity index (χ2v) is 4.85. The van der Waals surface area contributed by atoms with Gasteiger partial charge in [0.05, 0.1) is 23.8 Å². The van der Waals surface area contributed by atoms with E-state index < -0.39 is 24.1 Å². The van der Waals surface area contributed by atoms with Crippen LogP contribution in [0.3, 0.4) is 0 Å². The van der Waals surface area contributed by atoms with E-state index in [1.54, 1.807) is 0 Å². The smallest absolute Gasteiger partial charge is 0.394 e. The summed E-state index contributed by atoms with van der Waals surface area (Å²) in [6.45, 7) is 0. The Hall–Kier alpha value is -2.06. The van der Waals surface area contributed by atoms with Crippen LogP contribution in [0.5, 0.6) is 0 Å². The SMILES string of the molecule is NC1=NC(CCCc2nc(C(=O)[O-])co2)C(C(F)(F)F)C1. The average molecular weight is 304 g/mol. The molecule has 0 aromatic carbocycles. The van der Waals surface area contributed by atoms with Crippen LogP contribution in [0.4, 0.5) is 13.2 Å². The maximum atomic E-state index is 12.8. The molecule has 2 rings (SSSR count). The highest BCUT2D eigenvalue weighted by atomic mass is 19.4. The molecule has 2 heterocycles. The maximum absolute atomic E-state index is 12.8. The summed E-state index contributed by atoms with van der Waals surface area (Å²) in [5, 5.41) is 10.5. The van der Waals surface area contributed by atoms with Crippen LogP contribution in [0.15, 0.2) is 15.7 Å². The summed E-state index contributed by atoms with van der Waals surface area (Å²) in [5.74, 6) is -2.86. The third kappa shape index (κ3) is 3.73. The summed E-state index contributed by atoms with van der Waals surface area (Å²) < 4.78 is 43.3. The van der Waals surface area contributed by atoms with Crippen molar-refractivity contribution in [1.29, 1.82) is 0 Å². The lowest BCUT2D eigenvalue weighted by Crippen LogP contribution is -2.30. The van der Waals surface area contributed by atoms with Gasteiger partial charge in [-0.2, -0.15) is 13.2 Å². The van der Waals surface area contributed by atoms with Crippen molar-refractivity contribution < 1.29 is 27.5 Å². The van der Waals surface area contributed by atoms with Crippen LogP contribution >= 0.6 is 0 Å². The number of aliphatic imine (C=N–C) groups is 1. The van der Waals surface area contributed by atoms with Crippen LogP contribution < -0.4 is 10.8 Å². The van der Waals surface area contributed by atoms with Crippen LogP contribution in [0.25, 0.3) is 0 Å². The Balaban J connectivity index is 1.88. The molecule has 0 amide bonds. The number of aromatic carboxylic acids is 1. The molecule has 0 radical (unpaired) electrons. The number of rotatable bonds is 5. The summed E-state index contributed by atoms with van der Waals surface area (Å²) in [4.78, 5) is 18.0. The molecule has 2 unspecified atom stereocenters. The minimum Gasteiger partial charge on any atom is -0.543 e. The predicted molar refractivity (Wildman–Crippen MR) is 63.3 cm³/mol. The standard InChI is InChI=1S/C12H14F3N3O3/c13-12(14,15)6-4-9(16)17-7(6)2-1-3-10-18-8(5-21-10)11(19)20/h5-7H,1-4H2,(H2,16,17)(H,19,20)/p-1. The van der Waals surface area contributed by atoms with E-state index in [-0.39, 0.29) is 36.7 Å². The monoisotopic (exact) mass is 304 g/mol. The highest BCUT2D eigenvalue weighted by Gasteiger charge is 2.47. The van der Waals surface area contributed by atoms with Crippen LogP contribution in [-0.2, 0) is 6.42 Å². The third-order valence-electron chi connectivity index (χ3n) is 3.30. The minimum absolute atomic E-state index is 0.0117. The number of alkyl halides is 3. The molecule has 6 nitrogen and oxygen atoms in total. The topological polar surface area (TPSA) is 105 Å². The second kappa shape index (κ2) is 5.74. The van der Waals surface area contributed by atoms with Crippen LogP contribution in [0.1, 0.15) is 35.6 Å². The van der Waals surface area contributed by atoms with Gasteiger partial charge in [0.2, 0.25) is 0 Å². The molecule has 0 bridgehead atoms. The van der Waals surface area contributed by atoms with Gasteiger partial charge in [-0.25, -0.2) is 4.98 Å². The Morgan fingerprint density at radius 3 is 2.81 bits per heavy atom. The normalized spacial score (nSPS) is 22.3. The van der Waals surface area contributed by atoms with E-state index in [2.05, 4.69) is 9.98 Å². The quantitative estimate of drug-likeness (QED) is 0.860. The molecule has 0 fully saturated rings. The Morgan fingerprint density at radius 2 is 2.24 bits per heavy atom. The van der Waals surface area contributed by atoms with Crippen molar-refractivity contribution in [2.24, 2.45) is 16.6 Å². The van der Waals surface area contributed by atoms with E-state index >= 15 is 0 Å². The largest absolute Gasteiger partial charge is 0.543 e. The van der Waals surface area contributed by atoms with Crippen molar-refractivity contribution in [1.82, 2.24) is 4.98 Å². The molecule has 9 heteroatoms. The van der Waals surface area contributed by atoms with Crippen LogP contribution in [0.2, 0.25) is 0 Å². The number of carboxylic acids is 1. The molecule has 1 aromatic rings. The van der Waals surface area contributed by atoms with Crippen molar-refractivity contribution in [3.05, 3.63) is 17.8 Å². The van der Waals surface area contributed by atoms with Crippen LogP contribution in [0, 0.1) is 5.92 Å². The number of carbonyl (C=O) groups excluding carboxylic acids is 1. The Labute approximate surface area is 117 Å². The Morgan fingerprint density at radius 1 is 1.52 bits per heavy atom. The van der Waals surface area contributed by atoms with E-state index in [0.29, 0.717) is 6.42 Å². The molecule has 0 saturated heterocycles. The highest BCUT2D eigenvalue weighted by molar-refractivity contribution is 5.83. The van der Waals surface area contributed by atoms with Crippen molar-refractivity contribution in [3.8, 4) is 0 Å². The van der Waals surface area contributed by atoms with E-state index in [9.17, 15) is 23.1 Å². The van der Waals surface area contributed by atoms with Gasteiger partial charge in [0.15, 0.2) is 5.89 Å². The number of oxazole rings is 1. The molecular formula is C12H13F3N3O3-. The average Bonchev–Trinajstić information content (AvgIpc) is 2.95. The first kappa shape index (κ1) is 15.3. The van der Waals surface area contributed by atoms with Gasteiger partial charge in [0.1, 0.15) is 12.0 Å². The maximum Gasteiger partial charge on any atom is 0.394 e. The Kier molecular flexibility index (Phi) is 4.19. The van der Waals surface area contributed by atoms with Gasteiger partial charge in [-0.3, -0.25) is 4.99 Å². The number of hydrogen-bond donors (Lipinski definition) is 1. The molecule has 2 atom stereocenters. The van der Waals surface area contributed by atoms with Gasteiger partial charge in [-0.1, -0.05) is 0 Å². The Bertz CT molecular complexity index is 553. The summed E-state index contributed by atoms with van der Waals surface area (Å²) in [5.41, 5.74) is 5.05. The van der Waals surface area contributed by atoms with Gasteiger partial charge in [-0.05, 0) is 12.8 Å². The number of halogens is 3. The number of hydrogen-bond acceptors (Lipinski definition) is 6. The molecule has 0 aliphatic carbocycles. The fraction of sp³-hybridized carbons (Fsp3) is 0.583. The van der Waals surface area contributed by atoms with E-state index in [0.717, 1.165) is 6.26 Å². The van der Waals surface area contributed by atoms with Gasteiger partial charge >= 0.3 is 6.18 Å². The fourth-order valence-electron chi connectivity index (χ4n) is 2.30. The van der Waals surface area contributed by atoms with E-state index in [1.807, 2.05) is 0 Å². The third-order valence-corrected chi connectivity index (χ3v) is 3.30. The number of carboxylic acid groups (broad SMARTS) is 1. The lowest BCUT2D eigenvalue weighted by Gasteiger charge is -2.20. The lowest BCUT2D eigenvalue weighted by molar-refractivity contribution is -0.255. The predicted octanol–water partition coefficient (Wildman–Crippen LogP) is 0.669. The molecule has 0 spiro atoms. The second-order valence-electron chi connectivity index (χ2n) is 4.85. The number of carbonyl (C=O) groups is 1. The zero-order valence-electron chi connectivity index (χ0n) is 10.9. The number of aryl methyl sites for hydroxylation is 1. The summed E-state index contributed by atoms with van der Waals surface area (Å²) in [7, 11) is 0. The molecule has 1 aliphatic heterocycles. The van der Waals surface area contributed by atoms with Gasteiger partial charge < -0.3 is 20.1 Å². The van der Waals surface area contributed by atoms with E-state index in [1.165, 1.54) is 0 Å². The molecule has 116 valence electrons. The van der Waals surface area contributed by atoms with Crippen molar-refractivity contribution in [2.75, 3.05) is 0 Å². The zero-order valence-corrected chi connectivity index (χ0v) is 10.9.